The summed E-state index contributed by atoms with van der Waals surface area (Å²) in [5.74, 6) is 2.99. The van der Waals surface area contributed by atoms with Crippen molar-refractivity contribution in [2.75, 3.05) is 6.54 Å². The Morgan fingerprint density at radius 2 is 1.90 bits per heavy atom. The van der Waals surface area contributed by atoms with Gasteiger partial charge in [-0.2, -0.15) is 4.99 Å². The van der Waals surface area contributed by atoms with Crippen LogP contribution in [0.5, 0.6) is 0 Å². The van der Waals surface area contributed by atoms with E-state index in [1.165, 1.54) is 44.9 Å². The molecule has 0 bridgehead atoms. The molecule has 0 saturated heterocycles. The number of rotatable bonds is 2. The van der Waals surface area contributed by atoms with Crippen molar-refractivity contribution in [3.8, 4) is 0 Å². The highest BCUT2D eigenvalue weighted by molar-refractivity contribution is 8.16. The molecule has 20 heavy (non-hydrogen) atoms. The van der Waals surface area contributed by atoms with Crippen LogP contribution >= 0.6 is 11.8 Å². The maximum atomic E-state index is 12.1. The molecule has 1 heterocycles. The number of amides is 1. The molecule has 1 aliphatic heterocycles. The Bertz CT molecular complexity index is 442. The number of nitrogens with zero attached hydrogens (tertiary/aromatic N) is 1. The van der Waals surface area contributed by atoms with E-state index in [0.29, 0.717) is 0 Å². The van der Waals surface area contributed by atoms with E-state index in [2.05, 4.69) is 10.3 Å². The third-order valence-corrected chi connectivity index (χ3v) is 7.40. The molecular weight excluding hydrogens is 268 g/mol. The highest BCUT2D eigenvalue weighted by Crippen LogP contribution is 2.48. The van der Waals surface area contributed by atoms with Crippen LogP contribution in [-0.2, 0) is 4.79 Å². The van der Waals surface area contributed by atoms with Crippen molar-refractivity contribution in [2.45, 2.75) is 62.5 Å². The predicted molar refractivity (Wildman–Crippen MR) is 82.8 cm³/mol. The fraction of sp³-hybridized carbons (Fsp3) is 0.875. The van der Waals surface area contributed by atoms with E-state index in [-0.39, 0.29) is 10.7 Å². The Hall–Kier alpha value is -0.510. The Kier molecular flexibility index (Phi) is 3.32. The van der Waals surface area contributed by atoms with Gasteiger partial charge in [-0.3, -0.25) is 4.79 Å². The quantitative estimate of drug-likeness (QED) is 0.848. The van der Waals surface area contributed by atoms with Crippen molar-refractivity contribution in [1.82, 2.24) is 5.32 Å². The van der Waals surface area contributed by atoms with Crippen molar-refractivity contribution in [3.05, 3.63) is 0 Å². The number of carbonyl (C=O) groups is 1. The third-order valence-electron chi connectivity index (χ3n) is 5.99. The zero-order valence-electron chi connectivity index (χ0n) is 12.1. The first-order chi connectivity index (χ1) is 9.75. The van der Waals surface area contributed by atoms with Gasteiger partial charge in [0.2, 0.25) is 0 Å². The molecule has 4 rings (SSSR count). The maximum Gasteiger partial charge on any atom is 0.264 e. The molecular formula is C16H24N2OS. The summed E-state index contributed by atoms with van der Waals surface area (Å²) in [4.78, 5) is 16.4. The fourth-order valence-corrected chi connectivity index (χ4v) is 5.80. The lowest BCUT2D eigenvalue weighted by Crippen LogP contribution is -2.37. The van der Waals surface area contributed by atoms with Crippen LogP contribution in [0.25, 0.3) is 0 Å². The predicted octanol–water partition coefficient (Wildman–Crippen LogP) is 3.34. The molecule has 3 nitrogen and oxygen atoms in total. The van der Waals surface area contributed by atoms with Gasteiger partial charge in [-0.1, -0.05) is 24.6 Å². The Balaban J connectivity index is 1.30. The van der Waals surface area contributed by atoms with Crippen LogP contribution in [-0.4, -0.2) is 22.4 Å². The van der Waals surface area contributed by atoms with Gasteiger partial charge in [-0.25, -0.2) is 0 Å². The zero-order valence-corrected chi connectivity index (χ0v) is 12.9. The van der Waals surface area contributed by atoms with E-state index in [4.69, 9.17) is 0 Å². The largest absolute Gasteiger partial charge is 0.364 e. The summed E-state index contributed by atoms with van der Waals surface area (Å²) in [7, 11) is 0. The number of fused-ring (bicyclic) bond motifs is 1. The lowest BCUT2D eigenvalue weighted by Gasteiger charge is -2.44. The second-order valence-corrected chi connectivity index (χ2v) is 8.56. The lowest BCUT2D eigenvalue weighted by atomic mass is 9.63. The van der Waals surface area contributed by atoms with Gasteiger partial charge < -0.3 is 5.32 Å². The molecule has 1 spiro atoms. The van der Waals surface area contributed by atoms with Crippen molar-refractivity contribution >= 4 is 22.8 Å². The minimum Gasteiger partial charge on any atom is -0.364 e. The molecule has 3 atom stereocenters. The SMILES string of the molecule is O=C1N=C(NC[C@@H]2CCC3CC[C@H]3C2)SC12CCCC2. The summed E-state index contributed by atoms with van der Waals surface area (Å²) in [6.45, 7) is 1.03. The first-order valence-corrected chi connectivity index (χ1v) is 9.13. The monoisotopic (exact) mass is 292 g/mol. The second-order valence-electron chi connectivity index (χ2n) is 7.18. The molecule has 0 aromatic heterocycles. The maximum absolute atomic E-state index is 12.1. The Labute approximate surface area is 125 Å². The molecule has 3 fully saturated rings. The van der Waals surface area contributed by atoms with Gasteiger partial charge in [0.1, 0.15) is 4.75 Å². The van der Waals surface area contributed by atoms with Crippen LogP contribution in [0.3, 0.4) is 0 Å². The number of nitrogens with one attached hydrogen (secondary N) is 1. The topological polar surface area (TPSA) is 41.5 Å². The molecule has 110 valence electrons. The average Bonchev–Trinajstić information content (AvgIpc) is 2.99. The summed E-state index contributed by atoms with van der Waals surface area (Å²) in [5, 5.41) is 4.39. The molecule has 0 radical (unpaired) electrons. The van der Waals surface area contributed by atoms with Crippen LogP contribution in [0.15, 0.2) is 4.99 Å². The number of hydrogen-bond donors (Lipinski definition) is 1. The summed E-state index contributed by atoms with van der Waals surface area (Å²) >= 11 is 1.72. The van der Waals surface area contributed by atoms with Crippen molar-refractivity contribution in [3.63, 3.8) is 0 Å². The highest BCUT2D eigenvalue weighted by Gasteiger charge is 2.47. The number of amidine groups is 1. The zero-order chi connectivity index (χ0) is 13.6. The highest BCUT2D eigenvalue weighted by atomic mass is 32.2. The van der Waals surface area contributed by atoms with Gasteiger partial charge in [-0.15, -0.1) is 0 Å². The number of carbonyl (C=O) groups excluding carboxylic acids is 1. The van der Waals surface area contributed by atoms with Gasteiger partial charge in [0.05, 0.1) is 0 Å². The smallest absolute Gasteiger partial charge is 0.264 e. The molecule has 4 heteroatoms. The standard InChI is InChI=1S/C16H24N2OS/c19-14-16(7-1-2-8-16)20-15(18-14)17-10-11-3-4-12-5-6-13(12)9-11/h11-13H,1-10H2,(H,17,18,19)/t11-,12?,13+/m1/s1. The first-order valence-electron chi connectivity index (χ1n) is 8.31. The summed E-state index contributed by atoms with van der Waals surface area (Å²) in [6.07, 6.45) is 11.6. The van der Waals surface area contributed by atoms with Crippen LogP contribution < -0.4 is 5.32 Å². The summed E-state index contributed by atoms with van der Waals surface area (Å²) < 4.78 is -0.173. The van der Waals surface area contributed by atoms with Crippen LogP contribution in [0.4, 0.5) is 0 Å². The fourth-order valence-electron chi connectivity index (χ4n) is 4.52. The summed E-state index contributed by atoms with van der Waals surface area (Å²) in [5.41, 5.74) is 0. The average molecular weight is 292 g/mol. The van der Waals surface area contributed by atoms with Crippen LogP contribution in [0.2, 0.25) is 0 Å². The molecule has 3 aliphatic carbocycles. The van der Waals surface area contributed by atoms with Crippen molar-refractivity contribution in [1.29, 1.82) is 0 Å². The van der Waals surface area contributed by atoms with Crippen LogP contribution in [0.1, 0.15) is 57.8 Å². The number of hydrogen-bond acceptors (Lipinski definition) is 3. The lowest BCUT2D eigenvalue weighted by molar-refractivity contribution is -0.119. The van der Waals surface area contributed by atoms with Crippen LogP contribution in [0, 0.1) is 17.8 Å². The normalized spacial score (nSPS) is 38.5. The van der Waals surface area contributed by atoms with Gasteiger partial charge in [0.15, 0.2) is 5.17 Å². The molecule has 3 saturated carbocycles. The van der Waals surface area contributed by atoms with E-state index in [1.807, 2.05) is 0 Å². The third kappa shape index (κ3) is 2.20. The van der Waals surface area contributed by atoms with E-state index in [1.54, 1.807) is 11.8 Å². The molecule has 1 amide bonds. The Morgan fingerprint density at radius 3 is 2.60 bits per heavy atom. The Morgan fingerprint density at radius 1 is 1.15 bits per heavy atom. The van der Waals surface area contributed by atoms with Crippen molar-refractivity contribution in [2.24, 2.45) is 22.7 Å². The second kappa shape index (κ2) is 5.04. The minimum atomic E-state index is -0.173. The number of aliphatic imine (C=N–C) groups is 1. The van der Waals surface area contributed by atoms with Gasteiger partial charge in [0, 0.05) is 6.54 Å². The molecule has 4 aliphatic rings. The van der Waals surface area contributed by atoms with Gasteiger partial charge >= 0.3 is 0 Å². The molecule has 0 aromatic carbocycles. The van der Waals surface area contributed by atoms with E-state index >= 15 is 0 Å². The number of thioether (sulfide) groups is 1. The molecule has 0 aromatic rings. The van der Waals surface area contributed by atoms with E-state index < -0.39 is 0 Å². The molecule has 1 unspecified atom stereocenters. The van der Waals surface area contributed by atoms with Gasteiger partial charge in [0.25, 0.3) is 5.91 Å². The first kappa shape index (κ1) is 13.2. The van der Waals surface area contributed by atoms with E-state index in [9.17, 15) is 4.79 Å². The van der Waals surface area contributed by atoms with Crippen molar-refractivity contribution < 1.29 is 4.79 Å². The van der Waals surface area contributed by atoms with E-state index in [0.717, 1.165) is 42.3 Å². The van der Waals surface area contributed by atoms with Gasteiger partial charge in [-0.05, 0) is 62.7 Å². The summed E-state index contributed by atoms with van der Waals surface area (Å²) in [6, 6.07) is 0. The minimum absolute atomic E-state index is 0.130. The molecule has 1 N–H and O–H groups in total.